The first-order valence-electron chi connectivity index (χ1n) is 7.52. The third kappa shape index (κ3) is 4.86. The molecule has 1 saturated heterocycles. The topological polar surface area (TPSA) is 70.2 Å². The van der Waals surface area contributed by atoms with Crippen molar-refractivity contribution in [2.24, 2.45) is 5.92 Å². The molecule has 3 N–H and O–H groups in total. The minimum absolute atomic E-state index is 0.00892. The van der Waals surface area contributed by atoms with E-state index in [-0.39, 0.29) is 11.8 Å². The van der Waals surface area contributed by atoms with E-state index in [4.69, 9.17) is 0 Å². The largest absolute Gasteiger partial charge is 0.355 e. The molecule has 21 heavy (non-hydrogen) atoms. The number of hydrogen-bond acceptors (Lipinski definition) is 3. The van der Waals surface area contributed by atoms with Crippen molar-refractivity contribution in [2.75, 3.05) is 25.5 Å². The van der Waals surface area contributed by atoms with Crippen molar-refractivity contribution in [3.05, 3.63) is 29.8 Å². The van der Waals surface area contributed by atoms with Gasteiger partial charge in [0.25, 0.3) is 5.91 Å². The molecule has 0 aromatic heterocycles. The maximum atomic E-state index is 12.0. The van der Waals surface area contributed by atoms with Crippen LogP contribution in [-0.2, 0) is 4.79 Å². The van der Waals surface area contributed by atoms with Gasteiger partial charge < -0.3 is 16.0 Å². The Kier molecular flexibility index (Phi) is 5.75. The lowest BCUT2D eigenvalue weighted by molar-refractivity contribution is -0.116. The summed E-state index contributed by atoms with van der Waals surface area (Å²) >= 11 is 0. The first-order chi connectivity index (χ1) is 10.2. The Morgan fingerprint density at radius 3 is 2.95 bits per heavy atom. The van der Waals surface area contributed by atoms with Gasteiger partial charge in [-0.1, -0.05) is 6.07 Å². The van der Waals surface area contributed by atoms with Gasteiger partial charge in [0.2, 0.25) is 5.91 Å². The Morgan fingerprint density at radius 2 is 2.24 bits per heavy atom. The zero-order valence-corrected chi connectivity index (χ0v) is 12.4. The summed E-state index contributed by atoms with van der Waals surface area (Å²) in [6, 6.07) is 6.98. The van der Waals surface area contributed by atoms with Crippen LogP contribution in [0.3, 0.4) is 0 Å². The molecule has 0 saturated carbocycles. The van der Waals surface area contributed by atoms with Crippen LogP contribution in [0.1, 0.15) is 36.0 Å². The molecule has 1 aromatic rings. The van der Waals surface area contributed by atoms with Crippen molar-refractivity contribution in [3.63, 3.8) is 0 Å². The number of amides is 2. The molecule has 1 unspecified atom stereocenters. The monoisotopic (exact) mass is 289 g/mol. The van der Waals surface area contributed by atoms with E-state index in [1.807, 2.05) is 0 Å². The van der Waals surface area contributed by atoms with Gasteiger partial charge in [0.15, 0.2) is 0 Å². The van der Waals surface area contributed by atoms with Gasteiger partial charge in [0.1, 0.15) is 0 Å². The van der Waals surface area contributed by atoms with E-state index < -0.39 is 0 Å². The number of anilines is 1. The molecule has 5 nitrogen and oxygen atoms in total. The van der Waals surface area contributed by atoms with E-state index in [9.17, 15) is 9.59 Å². The average Bonchev–Trinajstić information content (AvgIpc) is 2.53. The van der Waals surface area contributed by atoms with Crippen LogP contribution in [0.25, 0.3) is 0 Å². The molecule has 1 aromatic carbocycles. The summed E-state index contributed by atoms with van der Waals surface area (Å²) in [5, 5.41) is 8.79. The predicted molar refractivity (Wildman–Crippen MR) is 83.3 cm³/mol. The maximum Gasteiger partial charge on any atom is 0.251 e. The Bertz CT molecular complexity index is 496. The zero-order chi connectivity index (χ0) is 15.1. The van der Waals surface area contributed by atoms with Crippen molar-refractivity contribution < 1.29 is 9.59 Å². The van der Waals surface area contributed by atoms with E-state index in [1.54, 1.807) is 31.3 Å². The number of nitrogens with one attached hydrogen (secondary N) is 3. The fourth-order valence-electron chi connectivity index (χ4n) is 2.61. The molecule has 1 fully saturated rings. The summed E-state index contributed by atoms with van der Waals surface area (Å²) in [5.41, 5.74) is 1.22. The molecule has 2 amide bonds. The van der Waals surface area contributed by atoms with Crippen LogP contribution >= 0.6 is 0 Å². The fourth-order valence-corrected chi connectivity index (χ4v) is 2.61. The number of benzene rings is 1. The van der Waals surface area contributed by atoms with E-state index in [0.29, 0.717) is 23.6 Å². The summed E-state index contributed by atoms with van der Waals surface area (Å²) < 4.78 is 0. The lowest BCUT2D eigenvalue weighted by Crippen LogP contribution is -2.30. The van der Waals surface area contributed by atoms with Crippen LogP contribution < -0.4 is 16.0 Å². The van der Waals surface area contributed by atoms with Gasteiger partial charge in [-0.25, -0.2) is 0 Å². The van der Waals surface area contributed by atoms with Crippen molar-refractivity contribution >= 4 is 17.5 Å². The van der Waals surface area contributed by atoms with E-state index in [2.05, 4.69) is 16.0 Å². The highest BCUT2D eigenvalue weighted by molar-refractivity contribution is 5.97. The summed E-state index contributed by atoms with van der Waals surface area (Å²) in [7, 11) is 1.59. The van der Waals surface area contributed by atoms with Crippen molar-refractivity contribution in [3.8, 4) is 0 Å². The molecule has 114 valence electrons. The Morgan fingerprint density at radius 1 is 1.38 bits per heavy atom. The van der Waals surface area contributed by atoms with Crippen LogP contribution in [0.4, 0.5) is 5.69 Å². The Hall–Kier alpha value is -1.88. The smallest absolute Gasteiger partial charge is 0.251 e. The second kappa shape index (κ2) is 7.78. The van der Waals surface area contributed by atoms with Crippen molar-refractivity contribution in [1.29, 1.82) is 0 Å². The highest BCUT2D eigenvalue weighted by Crippen LogP contribution is 2.17. The highest BCUT2D eigenvalue weighted by atomic mass is 16.2. The van der Waals surface area contributed by atoms with Crippen LogP contribution in [0.5, 0.6) is 0 Å². The van der Waals surface area contributed by atoms with Crippen LogP contribution in [-0.4, -0.2) is 32.0 Å². The summed E-state index contributed by atoms with van der Waals surface area (Å²) in [4.78, 5) is 23.5. The van der Waals surface area contributed by atoms with Gasteiger partial charge in [-0.2, -0.15) is 0 Å². The first-order valence-corrected chi connectivity index (χ1v) is 7.52. The van der Waals surface area contributed by atoms with Gasteiger partial charge in [-0.15, -0.1) is 0 Å². The molecule has 0 radical (unpaired) electrons. The molecule has 1 aliphatic rings. The van der Waals surface area contributed by atoms with Crippen LogP contribution in [0.15, 0.2) is 24.3 Å². The third-order valence-electron chi connectivity index (χ3n) is 3.81. The molecule has 0 spiro atoms. The average molecular weight is 289 g/mol. The standard InChI is InChI=1S/C16H23N3O2/c1-17-16(21)13-5-2-6-14(10-13)19-15(20)8-7-12-4-3-9-18-11-12/h2,5-6,10,12,18H,3-4,7-9,11H2,1H3,(H,17,21)(H,19,20). The van der Waals surface area contributed by atoms with Crippen LogP contribution in [0, 0.1) is 5.92 Å². The molecular weight excluding hydrogens is 266 g/mol. The Balaban J connectivity index is 1.83. The molecule has 0 aliphatic carbocycles. The summed E-state index contributed by atoms with van der Waals surface area (Å²) in [6.45, 7) is 2.11. The maximum absolute atomic E-state index is 12.0. The van der Waals surface area contributed by atoms with Crippen molar-refractivity contribution in [1.82, 2.24) is 10.6 Å². The number of carbonyl (C=O) groups is 2. The highest BCUT2D eigenvalue weighted by Gasteiger charge is 2.14. The molecule has 1 aliphatic heterocycles. The molecule has 0 bridgehead atoms. The lowest BCUT2D eigenvalue weighted by atomic mass is 9.94. The summed E-state index contributed by atoms with van der Waals surface area (Å²) in [5.74, 6) is 0.454. The normalized spacial score (nSPS) is 18.0. The van der Waals surface area contributed by atoms with Gasteiger partial charge >= 0.3 is 0 Å². The number of piperidine rings is 1. The number of rotatable bonds is 5. The quantitative estimate of drug-likeness (QED) is 0.773. The summed E-state index contributed by atoms with van der Waals surface area (Å²) in [6.07, 6.45) is 3.83. The molecular formula is C16H23N3O2. The first kappa shape index (κ1) is 15.5. The van der Waals surface area contributed by atoms with Crippen LogP contribution in [0.2, 0.25) is 0 Å². The second-order valence-corrected chi connectivity index (χ2v) is 5.46. The van der Waals surface area contributed by atoms with Gasteiger partial charge in [0.05, 0.1) is 0 Å². The minimum Gasteiger partial charge on any atom is -0.355 e. The SMILES string of the molecule is CNC(=O)c1cccc(NC(=O)CCC2CCCNC2)c1. The van der Waals surface area contributed by atoms with E-state index in [1.165, 1.54) is 12.8 Å². The molecule has 1 atom stereocenters. The van der Waals surface area contributed by atoms with Crippen molar-refractivity contribution in [2.45, 2.75) is 25.7 Å². The molecule has 2 rings (SSSR count). The van der Waals surface area contributed by atoms with Gasteiger partial charge in [-0.05, 0) is 56.5 Å². The molecule has 1 heterocycles. The van der Waals surface area contributed by atoms with Gasteiger partial charge in [-0.3, -0.25) is 9.59 Å². The second-order valence-electron chi connectivity index (χ2n) is 5.46. The van der Waals surface area contributed by atoms with E-state index in [0.717, 1.165) is 19.5 Å². The zero-order valence-electron chi connectivity index (χ0n) is 12.4. The number of hydrogen-bond donors (Lipinski definition) is 3. The molecule has 5 heteroatoms. The third-order valence-corrected chi connectivity index (χ3v) is 3.81. The van der Waals surface area contributed by atoms with Gasteiger partial charge in [0, 0.05) is 24.7 Å². The van der Waals surface area contributed by atoms with E-state index >= 15 is 0 Å². The fraction of sp³-hybridized carbons (Fsp3) is 0.500. The predicted octanol–water partition coefficient (Wildman–Crippen LogP) is 1.76. The Labute approximate surface area is 125 Å². The minimum atomic E-state index is -0.153. The lowest BCUT2D eigenvalue weighted by Gasteiger charge is -2.22. The number of carbonyl (C=O) groups excluding carboxylic acids is 2.